The molecule has 1 aromatic carbocycles. The van der Waals surface area contributed by atoms with Crippen LogP contribution in [-0.2, 0) is 28.8 Å². The van der Waals surface area contributed by atoms with E-state index in [1.165, 1.54) is 11.1 Å². The van der Waals surface area contributed by atoms with Crippen LogP contribution in [0, 0.1) is 0 Å². The third kappa shape index (κ3) is 3.03. The van der Waals surface area contributed by atoms with E-state index in [1.807, 2.05) is 36.5 Å². The molecule has 1 aromatic heterocycles. The van der Waals surface area contributed by atoms with Crippen LogP contribution in [0.4, 0.5) is 0 Å². The van der Waals surface area contributed by atoms with Gasteiger partial charge in [0.1, 0.15) is 6.10 Å². The van der Waals surface area contributed by atoms with Crippen LogP contribution in [0.3, 0.4) is 0 Å². The zero-order chi connectivity index (χ0) is 14.7. The van der Waals surface area contributed by atoms with Gasteiger partial charge >= 0.3 is 0 Å². The molecule has 0 spiro atoms. The Hall–Kier alpha value is -2.00. The highest BCUT2D eigenvalue weighted by molar-refractivity contribution is 5.86. The summed E-state index contributed by atoms with van der Waals surface area (Å²) in [4.78, 5) is 16.9. The van der Waals surface area contributed by atoms with Crippen LogP contribution in [0.25, 0.3) is 0 Å². The van der Waals surface area contributed by atoms with Gasteiger partial charge in [0.25, 0.3) is 0 Å². The standard InChI is InChI=1S/C18H19NO2/c1-2-13-7-8-15(19-12-13)11-17(20)18-16-6-4-3-5-14(16)9-10-21-18/h3-8,12,18H,2,9-11H2,1H3. The van der Waals surface area contributed by atoms with Gasteiger partial charge < -0.3 is 4.74 Å². The highest BCUT2D eigenvalue weighted by Crippen LogP contribution is 2.28. The quantitative estimate of drug-likeness (QED) is 0.864. The lowest BCUT2D eigenvalue weighted by Crippen LogP contribution is -2.24. The Morgan fingerprint density at radius 3 is 2.90 bits per heavy atom. The SMILES string of the molecule is CCc1ccc(CC(=O)C2OCCc3ccccc32)nc1. The molecule has 108 valence electrons. The highest BCUT2D eigenvalue weighted by atomic mass is 16.5. The zero-order valence-corrected chi connectivity index (χ0v) is 12.2. The molecule has 1 atom stereocenters. The molecule has 0 N–H and O–H groups in total. The third-order valence-electron chi connectivity index (χ3n) is 3.94. The number of pyridine rings is 1. The Morgan fingerprint density at radius 1 is 1.29 bits per heavy atom. The summed E-state index contributed by atoms with van der Waals surface area (Å²) in [7, 11) is 0. The number of ether oxygens (including phenoxy) is 1. The number of Topliss-reactive ketones (excluding diaryl/α,β-unsaturated/α-hetero) is 1. The van der Waals surface area contributed by atoms with E-state index in [9.17, 15) is 4.79 Å². The molecular weight excluding hydrogens is 262 g/mol. The number of hydrogen-bond acceptors (Lipinski definition) is 3. The van der Waals surface area contributed by atoms with Gasteiger partial charge in [-0.15, -0.1) is 0 Å². The predicted molar refractivity (Wildman–Crippen MR) is 81.2 cm³/mol. The highest BCUT2D eigenvalue weighted by Gasteiger charge is 2.27. The maximum absolute atomic E-state index is 12.5. The first-order valence-corrected chi connectivity index (χ1v) is 7.44. The number of nitrogens with zero attached hydrogens (tertiary/aromatic N) is 1. The van der Waals surface area contributed by atoms with Crippen molar-refractivity contribution in [3.63, 3.8) is 0 Å². The lowest BCUT2D eigenvalue weighted by molar-refractivity contribution is -0.131. The molecule has 21 heavy (non-hydrogen) atoms. The second kappa shape index (κ2) is 6.19. The molecule has 0 aliphatic carbocycles. The van der Waals surface area contributed by atoms with Gasteiger partial charge in [-0.25, -0.2) is 0 Å². The Kier molecular flexibility index (Phi) is 4.11. The fraction of sp³-hybridized carbons (Fsp3) is 0.333. The van der Waals surface area contributed by atoms with E-state index in [0.717, 1.165) is 24.1 Å². The molecule has 0 radical (unpaired) electrons. The van der Waals surface area contributed by atoms with Gasteiger partial charge in [-0.2, -0.15) is 0 Å². The summed E-state index contributed by atoms with van der Waals surface area (Å²) in [6, 6.07) is 12.0. The second-order valence-corrected chi connectivity index (χ2v) is 5.35. The number of ketones is 1. The fourth-order valence-electron chi connectivity index (χ4n) is 2.70. The number of aromatic nitrogens is 1. The van der Waals surface area contributed by atoms with Crippen LogP contribution >= 0.6 is 0 Å². The van der Waals surface area contributed by atoms with Crippen molar-refractivity contribution in [2.24, 2.45) is 0 Å². The summed E-state index contributed by atoms with van der Waals surface area (Å²) in [5, 5.41) is 0. The summed E-state index contributed by atoms with van der Waals surface area (Å²) in [5.41, 5.74) is 4.23. The van der Waals surface area contributed by atoms with Crippen molar-refractivity contribution in [1.29, 1.82) is 0 Å². The Morgan fingerprint density at radius 2 is 2.14 bits per heavy atom. The number of carbonyl (C=O) groups is 1. The number of aryl methyl sites for hydroxylation is 1. The topological polar surface area (TPSA) is 39.2 Å². The van der Waals surface area contributed by atoms with Gasteiger partial charge in [-0.1, -0.05) is 37.3 Å². The van der Waals surface area contributed by atoms with E-state index >= 15 is 0 Å². The monoisotopic (exact) mass is 281 g/mol. The molecule has 2 aromatic rings. The maximum atomic E-state index is 12.5. The molecule has 2 heterocycles. The lowest BCUT2D eigenvalue weighted by atomic mass is 9.93. The van der Waals surface area contributed by atoms with Crippen LogP contribution in [-0.4, -0.2) is 17.4 Å². The fourth-order valence-corrected chi connectivity index (χ4v) is 2.70. The van der Waals surface area contributed by atoms with E-state index in [2.05, 4.69) is 18.0 Å². The summed E-state index contributed by atoms with van der Waals surface area (Å²) in [6.07, 6.45) is 3.56. The molecule has 3 nitrogen and oxygen atoms in total. The lowest BCUT2D eigenvalue weighted by Gasteiger charge is -2.24. The van der Waals surface area contributed by atoms with Crippen molar-refractivity contribution < 1.29 is 9.53 Å². The van der Waals surface area contributed by atoms with Gasteiger partial charge in [0.2, 0.25) is 0 Å². The minimum absolute atomic E-state index is 0.0823. The van der Waals surface area contributed by atoms with Crippen molar-refractivity contribution in [1.82, 2.24) is 4.98 Å². The molecule has 0 saturated heterocycles. The van der Waals surface area contributed by atoms with Crippen molar-refractivity contribution in [2.45, 2.75) is 32.3 Å². The molecule has 1 aliphatic heterocycles. The van der Waals surface area contributed by atoms with Crippen LogP contribution in [0.2, 0.25) is 0 Å². The third-order valence-corrected chi connectivity index (χ3v) is 3.94. The summed E-state index contributed by atoms with van der Waals surface area (Å²) < 4.78 is 5.71. The molecule has 0 amide bonds. The number of carbonyl (C=O) groups excluding carboxylic acids is 1. The van der Waals surface area contributed by atoms with Crippen molar-refractivity contribution in [2.75, 3.05) is 6.61 Å². The molecule has 1 unspecified atom stereocenters. The van der Waals surface area contributed by atoms with Crippen molar-refractivity contribution in [3.8, 4) is 0 Å². The van der Waals surface area contributed by atoms with E-state index in [0.29, 0.717) is 13.0 Å². The first-order chi connectivity index (χ1) is 10.3. The average molecular weight is 281 g/mol. The molecule has 0 bridgehead atoms. The Labute approximate surface area is 125 Å². The minimum Gasteiger partial charge on any atom is -0.365 e. The van der Waals surface area contributed by atoms with Gasteiger partial charge in [-0.3, -0.25) is 9.78 Å². The molecular formula is C18H19NO2. The molecule has 3 rings (SSSR count). The van der Waals surface area contributed by atoms with Crippen LogP contribution in [0.5, 0.6) is 0 Å². The molecule has 1 aliphatic rings. The summed E-state index contributed by atoms with van der Waals surface area (Å²) in [6.45, 7) is 2.70. The molecule has 0 saturated carbocycles. The zero-order valence-electron chi connectivity index (χ0n) is 12.2. The van der Waals surface area contributed by atoms with Gasteiger partial charge in [-0.05, 0) is 35.6 Å². The number of fused-ring (bicyclic) bond motifs is 1. The average Bonchev–Trinajstić information content (AvgIpc) is 2.55. The first-order valence-electron chi connectivity index (χ1n) is 7.44. The predicted octanol–water partition coefficient (Wildman–Crippen LogP) is 3.07. The first kappa shape index (κ1) is 14.0. The summed E-state index contributed by atoms with van der Waals surface area (Å²) >= 11 is 0. The largest absolute Gasteiger partial charge is 0.365 e. The Balaban J connectivity index is 1.76. The molecule has 0 fully saturated rings. The molecule has 3 heteroatoms. The van der Waals surface area contributed by atoms with E-state index in [1.54, 1.807) is 0 Å². The van der Waals surface area contributed by atoms with E-state index in [-0.39, 0.29) is 5.78 Å². The Bertz CT molecular complexity index is 634. The smallest absolute Gasteiger partial charge is 0.172 e. The maximum Gasteiger partial charge on any atom is 0.172 e. The number of benzene rings is 1. The van der Waals surface area contributed by atoms with Gasteiger partial charge in [0.05, 0.1) is 13.0 Å². The van der Waals surface area contributed by atoms with Crippen LogP contribution in [0.15, 0.2) is 42.6 Å². The van der Waals surface area contributed by atoms with E-state index in [4.69, 9.17) is 4.74 Å². The van der Waals surface area contributed by atoms with Gasteiger partial charge in [0.15, 0.2) is 5.78 Å². The number of hydrogen-bond donors (Lipinski definition) is 0. The normalized spacial score (nSPS) is 17.3. The second-order valence-electron chi connectivity index (χ2n) is 5.35. The van der Waals surface area contributed by atoms with Crippen molar-refractivity contribution in [3.05, 3.63) is 65.0 Å². The van der Waals surface area contributed by atoms with Crippen LogP contribution in [0.1, 0.15) is 35.4 Å². The van der Waals surface area contributed by atoms with E-state index < -0.39 is 6.10 Å². The summed E-state index contributed by atoms with van der Waals surface area (Å²) in [5.74, 6) is 0.0823. The minimum atomic E-state index is -0.442. The van der Waals surface area contributed by atoms with Crippen LogP contribution < -0.4 is 0 Å². The number of rotatable bonds is 4. The van der Waals surface area contributed by atoms with Gasteiger partial charge in [0, 0.05) is 11.9 Å². The van der Waals surface area contributed by atoms with Crippen molar-refractivity contribution >= 4 is 5.78 Å².